The van der Waals surface area contributed by atoms with Crippen molar-refractivity contribution >= 4 is 35.3 Å². The van der Waals surface area contributed by atoms with E-state index in [4.69, 9.17) is 4.74 Å². The number of anilines is 1. The lowest BCUT2D eigenvalue weighted by molar-refractivity contribution is -0.146. The van der Waals surface area contributed by atoms with Crippen molar-refractivity contribution in [2.45, 2.75) is 56.4 Å². The van der Waals surface area contributed by atoms with Crippen LogP contribution in [0.5, 0.6) is 0 Å². The highest BCUT2D eigenvalue weighted by atomic mass is 32.2. The van der Waals surface area contributed by atoms with E-state index in [0.717, 1.165) is 24.2 Å². The van der Waals surface area contributed by atoms with Crippen LogP contribution in [0.25, 0.3) is 0 Å². The van der Waals surface area contributed by atoms with Gasteiger partial charge in [-0.2, -0.15) is 0 Å². The maximum atomic E-state index is 11.8. The molecule has 162 valence electrons. The number of hydrogen-bond donors (Lipinski definition) is 2. The average molecular weight is 426 g/mol. The van der Waals surface area contributed by atoms with E-state index in [1.807, 2.05) is 6.07 Å². The summed E-state index contributed by atoms with van der Waals surface area (Å²) in [5, 5.41) is 12.9. The van der Waals surface area contributed by atoms with Crippen LogP contribution in [0.3, 0.4) is 0 Å². The third kappa shape index (κ3) is 10.3. The molecule has 0 aliphatic heterocycles. The monoisotopic (exact) mass is 425 g/mol. The van der Waals surface area contributed by atoms with E-state index in [1.54, 1.807) is 18.2 Å². The van der Waals surface area contributed by atoms with Gasteiger partial charge in [-0.15, -0.1) is 11.8 Å². The Morgan fingerprint density at radius 3 is 2.55 bits per heavy atom. The molecule has 0 radical (unpaired) electrons. The van der Waals surface area contributed by atoms with Crippen LogP contribution in [0.2, 0.25) is 0 Å². The minimum absolute atomic E-state index is 0.173. The number of thioether (sulfide) groups is 1. The number of ether oxygens (including phenoxy) is 2. The molecule has 8 heteroatoms. The van der Waals surface area contributed by atoms with Crippen LogP contribution in [-0.4, -0.2) is 49.0 Å². The molecule has 0 heterocycles. The molecular weight excluding hydrogens is 394 g/mol. The fraction of sp³-hybridized carbons (Fsp3) is 0.571. The number of aliphatic hydroxyl groups is 1. The van der Waals surface area contributed by atoms with Crippen molar-refractivity contribution in [3.8, 4) is 0 Å². The number of esters is 2. The summed E-state index contributed by atoms with van der Waals surface area (Å²) in [6.45, 7) is 2.08. The van der Waals surface area contributed by atoms with E-state index in [2.05, 4.69) is 17.0 Å². The quantitative estimate of drug-likeness (QED) is 0.284. The lowest BCUT2D eigenvalue weighted by atomic mass is 9.95. The molecule has 0 unspecified atom stereocenters. The average Bonchev–Trinajstić information content (AvgIpc) is 2.71. The van der Waals surface area contributed by atoms with Crippen LogP contribution in [0.4, 0.5) is 5.69 Å². The molecule has 1 aromatic rings. The number of unbranched alkanes of at least 4 members (excludes halogenated alkanes) is 1. The van der Waals surface area contributed by atoms with Crippen LogP contribution >= 0.6 is 11.8 Å². The second-order valence-corrected chi connectivity index (χ2v) is 7.83. The Morgan fingerprint density at radius 1 is 1.14 bits per heavy atom. The predicted octanol–water partition coefficient (Wildman–Crippen LogP) is 3.40. The molecule has 1 aromatic carbocycles. The van der Waals surface area contributed by atoms with Crippen molar-refractivity contribution in [1.82, 2.24) is 0 Å². The molecule has 0 spiro atoms. The number of carbonyl (C=O) groups excluding carboxylic acids is 3. The summed E-state index contributed by atoms with van der Waals surface area (Å²) in [6.07, 6.45) is 2.97. The zero-order chi connectivity index (χ0) is 21.6. The van der Waals surface area contributed by atoms with E-state index in [9.17, 15) is 19.5 Å². The van der Waals surface area contributed by atoms with Gasteiger partial charge < -0.3 is 19.9 Å². The first kappa shape index (κ1) is 25.0. The van der Waals surface area contributed by atoms with E-state index in [1.165, 1.54) is 26.0 Å². The van der Waals surface area contributed by atoms with Crippen LogP contribution in [0.1, 0.15) is 45.4 Å². The van der Waals surface area contributed by atoms with Gasteiger partial charge in [-0.3, -0.25) is 14.4 Å². The number of rotatable bonds is 13. The van der Waals surface area contributed by atoms with Gasteiger partial charge in [0.15, 0.2) is 0 Å². The van der Waals surface area contributed by atoms with Crippen molar-refractivity contribution in [3.63, 3.8) is 0 Å². The third-order valence-corrected chi connectivity index (χ3v) is 5.52. The van der Waals surface area contributed by atoms with E-state index < -0.39 is 18.0 Å². The van der Waals surface area contributed by atoms with Crippen molar-refractivity contribution < 1.29 is 29.0 Å². The molecule has 1 amide bonds. The molecule has 0 bridgehead atoms. The second-order valence-electron chi connectivity index (χ2n) is 6.73. The molecular formula is C21H31NO6S. The van der Waals surface area contributed by atoms with E-state index >= 15 is 0 Å². The van der Waals surface area contributed by atoms with Gasteiger partial charge in [0.1, 0.15) is 6.42 Å². The first-order valence-corrected chi connectivity index (χ1v) is 10.7. The molecule has 29 heavy (non-hydrogen) atoms. The van der Waals surface area contributed by atoms with Crippen LogP contribution in [-0.2, 0) is 23.9 Å². The Labute approximate surface area is 176 Å². The summed E-state index contributed by atoms with van der Waals surface area (Å²) in [5.74, 6) is -0.955. The first-order valence-electron chi connectivity index (χ1n) is 9.75. The summed E-state index contributed by atoms with van der Waals surface area (Å²) >= 11 is 1.46. The lowest BCUT2D eigenvalue weighted by Gasteiger charge is -2.16. The van der Waals surface area contributed by atoms with Crippen molar-refractivity contribution in [3.05, 3.63) is 24.3 Å². The van der Waals surface area contributed by atoms with Gasteiger partial charge in [0.25, 0.3) is 0 Å². The Hall–Kier alpha value is -2.06. The van der Waals surface area contributed by atoms with Gasteiger partial charge in [-0.25, -0.2) is 0 Å². The number of methoxy groups -OCH3 is 2. The highest BCUT2D eigenvalue weighted by molar-refractivity contribution is 7.99. The maximum absolute atomic E-state index is 11.8. The van der Waals surface area contributed by atoms with Crippen LogP contribution < -0.4 is 5.32 Å². The summed E-state index contributed by atoms with van der Waals surface area (Å²) in [5.41, 5.74) is 0.573. The number of amides is 1. The van der Waals surface area contributed by atoms with Gasteiger partial charge >= 0.3 is 11.9 Å². The number of aliphatic hydroxyl groups excluding tert-OH is 1. The van der Waals surface area contributed by atoms with E-state index in [0.29, 0.717) is 24.3 Å². The third-order valence-electron chi connectivity index (χ3n) is 4.38. The van der Waals surface area contributed by atoms with Crippen molar-refractivity contribution in [2.24, 2.45) is 5.92 Å². The Morgan fingerprint density at radius 2 is 1.90 bits per heavy atom. The molecule has 0 aromatic heterocycles. The summed E-state index contributed by atoms with van der Waals surface area (Å²) < 4.78 is 9.33. The van der Waals surface area contributed by atoms with Gasteiger partial charge in [0, 0.05) is 16.3 Å². The van der Waals surface area contributed by atoms with Crippen molar-refractivity contribution in [1.29, 1.82) is 0 Å². The van der Waals surface area contributed by atoms with Crippen molar-refractivity contribution in [2.75, 3.05) is 25.3 Å². The highest BCUT2D eigenvalue weighted by Crippen LogP contribution is 2.25. The molecule has 0 fully saturated rings. The minimum Gasteiger partial charge on any atom is -0.469 e. The molecule has 0 saturated heterocycles. The lowest BCUT2D eigenvalue weighted by Crippen LogP contribution is -2.20. The molecule has 7 nitrogen and oxygen atoms in total. The summed E-state index contributed by atoms with van der Waals surface area (Å²) in [4.78, 5) is 35.6. The zero-order valence-corrected chi connectivity index (χ0v) is 18.1. The Bertz CT molecular complexity index is 666. The molecule has 2 N–H and O–H groups in total. The normalized spacial score (nSPS) is 12.7. The minimum atomic E-state index is -0.597. The largest absolute Gasteiger partial charge is 0.469 e. The Kier molecular flexibility index (Phi) is 12.1. The SMILES string of the molecule is CCCC[C@H](CC[C@@H](O)CSc1cccc(NC(=O)CC(=O)OC)c1)C(=O)OC. The zero-order valence-electron chi connectivity index (χ0n) is 17.3. The standard InChI is InChI=1S/C21H31NO6S/c1-4-5-7-15(21(26)28-3)10-11-17(23)14-29-18-9-6-8-16(12-18)22-19(24)13-20(25)27-2/h6,8-9,12,15,17,23H,4-5,7,10-11,13-14H2,1-3H3,(H,22,24)/t15-,17-/m1/s1. The highest BCUT2D eigenvalue weighted by Gasteiger charge is 2.20. The number of carbonyl (C=O) groups is 3. The fourth-order valence-corrected chi connectivity index (χ4v) is 3.68. The molecule has 0 saturated carbocycles. The van der Waals surface area contributed by atoms with Crippen LogP contribution in [0, 0.1) is 5.92 Å². The summed E-state index contributed by atoms with van der Waals surface area (Å²) in [6, 6.07) is 7.18. The molecule has 0 aliphatic carbocycles. The predicted molar refractivity (Wildman–Crippen MR) is 113 cm³/mol. The van der Waals surface area contributed by atoms with E-state index in [-0.39, 0.29) is 18.3 Å². The molecule has 0 aliphatic rings. The van der Waals surface area contributed by atoms with Gasteiger partial charge in [-0.05, 0) is 37.5 Å². The Balaban J connectivity index is 2.48. The second kappa shape index (κ2) is 14.0. The smallest absolute Gasteiger partial charge is 0.315 e. The van der Waals surface area contributed by atoms with Gasteiger partial charge in [0.05, 0.1) is 26.2 Å². The first-order chi connectivity index (χ1) is 13.9. The number of benzene rings is 1. The van der Waals surface area contributed by atoms with Gasteiger partial charge in [-0.1, -0.05) is 25.8 Å². The number of hydrogen-bond acceptors (Lipinski definition) is 7. The number of nitrogens with one attached hydrogen (secondary N) is 1. The van der Waals surface area contributed by atoms with Gasteiger partial charge in [0.2, 0.25) is 5.91 Å². The topological polar surface area (TPSA) is 102 Å². The van der Waals surface area contributed by atoms with Crippen LogP contribution in [0.15, 0.2) is 29.2 Å². The molecule has 2 atom stereocenters. The fourth-order valence-electron chi connectivity index (χ4n) is 2.74. The maximum Gasteiger partial charge on any atom is 0.315 e. The summed E-state index contributed by atoms with van der Waals surface area (Å²) in [7, 11) is 2.62. The molecule has 1 rings (SSSR count).